The van der Waals surface area contributed by atoms with Gasteiger partial charge in [-0.1, -0.05) is 34.2 Å². The van der Waals surface area contributed by atoms with Gasteiger partial charge in [-0.3, -0.25) is 0 Å². The molecule has 0 fully saturated rings. The lowest BCUT2D eigenvalue weighted by molar-refractivity contribution is -0.657. The lowest BCUT2D eigenvalue weighted by Gasteiger charge is -2.01. The van der Waals surface area contributed by atoms with Crippen molar-refractivity contribution >= 4 is 81.8 Å². The number of fused-ring (bicyclic) bond motifs is 2. The maximum absolute atomic E-state index is 11.4. The summed E-state index contributed by atoms with van der Waals surface area (Å²) in [7, 11) is 0. The topological polar surface area (TPSA) is 62.4 Å². The molecule has 3 heterocycles. The normalized spacial score (nSPS) is 15.0. The van der Waals surface area contributed by atoms with E-state index in [2.05, 4.69) is 44.1 Å². The number of allylic oxidation sites excluding steroid dienone is 2. The van der Waals surface area contributed by atoms with Crippen molar-refractivity contribution in [2.24, 2.45) is 0 Å². The number of hydrogen-bond donors (Lipinski definition) is 2. The average Bonchev–Trinajstić information content (AvgIpc) is 3.27. The number of carboxylic acid groups (broad SMARTS) is 1. The predicted octanol–water partition coefficient (Wildman–Crippen LogP) is 6.00. The number of ether oxygens (including phenoxy) is 1. The second-order valence-corrected chi connectivity index (χ2v) is 10.7. The smallest absolute Gasteiger partial charge is 0.370 e. The molecular formula is C19H15Br2N2O3S2+. The van der Waals surface area contributed by atoms with Crippen LogP contribution in [0, 0.1) is 0 Å². The molecule has 1 aliphatic heterocycles. The van der Waals surface area contributed by atoms with Gasteiger partial charge in [-0.15, -0.1) is 11.3 Å². The molecule has 0 atom stereocenters. The van der Waals surface area contributed by atoms with E-state index >= 15 is 0 Å². The van der Waals surface area contributed by atoms with Gasteiger partial charge in [0.15, 0.2) is 15.6 Å². The first-order valence-corrected chi connectivity index (χ1v) is 11.6. The van der Waals surface area contributed by atoms with Crippen LogP contribution in [-0.2, 0) is 11.3 Å². The quantitative estimate of drug-likeness (QED) is 0.388. The monoisotopic (exact) mass is 541 g/mol. The van der Waals surface area contributed by atoms with Gasteiger partial charge >= 0.3 is 5.97 Å². The first kappa shape index (κ1) is 19.6. The molecule has 1 aromatic carbocycles. The zero-order valence-corrected chi connectivity index (χ0v) is 19.5. The Morgan fingerprint density at radius 2 is 2.14 bits per heavy atom. The molecule has 4 rings (SSSR count). The third-order valence-corrected chi connectivity index (χ3v) is 7.51. The minimum absolute atomic E-state index is 0.0726. The standard InChI is InChI=1S/C19H14Br2N2O3S2/c1-2-10(5-16-22-12-7-11(20)3-4-14(12)26-16)6-17-23(9-18(24)25)13-8-15(21)27-19(13)28-17/h3-8H,2,9H2,1H3,(H,24,25)/p+1. The first-order chi connectivity index (χ1) is 13.4. The maximum Gasteiger partial charge on any atom is 0.370 e. The number of nitrogens with zero attached hydrogens (tertiary/aromatic N) is 1. The number of rotatable bonds is 5. The minimum Gasteiger partial charge on any atom is -0.477 e. The molecule has 9 heteroatoms. The number of anilines is 1. The fourth-order valence-corrected chi connectivity index (χ4v) is 6.52. The molecule has 2 N–H and O–H groups in total. The number of nitrogens with one attached hydrogen (secondary N) is 1. The van der Waals surface area contributed by atoms with E-state index in [0.717, 1.165) is 46.2 Å². The number of hydrogen-bond acceptors (Lipinski definition) is 5. The summed E-state index contributed by atoms with van der Waals surface area (Å²) in [6.07, 6.45) is 4.78. The van der Waals surface area contributed by atoms with Crippen molar-refractivity contribution in [1.29, 1.82) is 0 Å². The highest BCUT2D eigenvalue weighted by molar-refractivity contribution is 9.11. The second-order valence-electron chi connectivity index (χ2n) is 6.09. The number of thiophene rings is 1. The number of aromatic nitrogens is 1. The van der Waals surface area contributed by atoms with Crippen LogP contribution in [0.2, 0.25) is 0 Å². The molecule has 28 heavy (non-hydrogen) atoms. The van der Waals surface area contributed by atoms with Gasteiger partial charge < -0.3 is 15.2 Å². The van der Waals surface area contributed by atoms with Crippen molar-refractivity contribution in [1.82, 2.24) is 0 Å². The van der Waals surface area contributed by atoms with Gasteiger partial charge in [0.25, 0.3) is 5.01 Å². The Kier molecular flexibility index (Phi) is 5.59. The van der Waals surface area contributed by atoms with Crippen molar-refractivity contribution in [2.45, 2.75) is 19.9 Å². The van der Waals surface area contributed by atoms with E-state index in [4.69, 9.17) is 4.74 Å². The van der Waals surface area contributed by atoms with E-state index in [9.17, 15) is 9.90 Å². The van der Waals surface area contributed by atoms with Crippen LogP contribution >= 0.6 is 54.5 Å². The largest absolute Gasteiger partial charge is 0.477 e. The van der Waals surface area contributed by atoms with Crippen LogP contribution in [0.25, 0.3) is 15.6 Å². The molecule has 144 valence electrons. The zero-order chi connectivity index (χ0) is 19.8. The SMILES string of the molecule is CCC(=Cc1sc2sc(Br)cc2[n+]1CC(=O)O)C=C1Nc2cc(Br)ccc2O1. The number of carbonyl (C=O) groups is 1. The Labute approximate surface area is 186 Å². The van der Waals surface area contributed by atoms with E-state index in [1.807, 2.05) is 41.0 Å². The molecule has 0 radical (unpaired) electrons. The van der Waals surface area contributed by atoms with Crippen LogP contribution in [0.3, 0.4) is 0 Å². The Morgan fingerprint density at radius 3 is 2.89 bits per heavy atom. The second kappa shape index (κ2) is 7.98. The Hall–Kier alpha value is -1.68. The summed E-state index contributed by atoms with van der Waals surface area (Å²) in [6.45, 7) is 1.99. The summed E-state index contributed by atoms with van der Waals surface area (Å²) in [5.41, 5.74) is 2.89. The molecular weight excluding hydrogens is 528 g/mol. The molecule has 0 bridgehead atoms. The van der Waals surface area contributed by atoms with E-state index in [1.165, 1.54) is 0 Å². The molecule has 0 spiro atoms. The number of halogens is 2. The zero-order valence-electron chi connectivity index (χ0n) is 14.7. The van der Waals surface area contributed by atoms with Gasteiger partial charge in [0, 0.05) is 22.7 Å². The average molecular weight is 543 g/mol. The van der Waals surface area contributed by atoms with Crippen LogP contribution in [0.5, 0.6) is 5.75 Å². The minimum atomic E-state index is -0.861. The number of benzene rings is 1. The number of carboxylic acids is 1. The summed E-state index contributed by atoms with van der Waals surface area (Å²) in [5.74, 6) is 0.583. The fraction of sp³-hybridized carbons (Fsp3) is 0.158. The van der Waals surface area contributed by atoms with Gasteiger partial charge in [-0.05, 0) is 46.1 Å². The first-order valence-electron chi connectivity index (χ1n) is 8.43. The van der Waals surface area contributed by atoms with Crippen molar-refractivity contribution < 1.29 is 19.2 Å². The van der Waals surface area contributed by atoms with E-state index in [1.54, 1.807) is 22.7 Å². The highest BCUT2D eigenvalue weighted by Gasteiger charge is 2.24. The Bertz CT molecular complexity index is 1150. The summed E-state index contributed by atoms with van der Waals surface area (Å²) in [5, 5.41) is 13.5. The highest BCUT2D eigenvalue weighted by atomic mass is 79.9. The molecule has 3 aromatic rings. The van der Waals surface area contributed by atoms with Crippen molar-refractivity contribution in [3.8, 4) is 5.75 Å². The van der Waals surface area contributed by atoms with Gasteiger partial charge in [-0.2, -0.15) is 4.57 Å². The van der Waals surface area contributed by atoms with Crippen LogP contribution in [0.4, 0.5) is 5.69 Å². The summed E-state index contributed by atoms with van der Waals surface area (Å²) < 4.78 is 10.8. The molecule has 0 aliphatic carbocycles. The molecule has 1 aliphatic rings. The van der Waals surface area contributed by atoms with Crippen LogP contribution in [0.15, 0.2) is 50.1 Å². The third-order valence-electron chi connectivity index (χ3n) is 4.15. The molecule has 0 saturated heterocycles. The third kappa shape index (κ3) is 4.03. The predicted molar refractivity (Wildman–Crippen MR) is 120 cm³/mol. The fourth-order valence-electron chi connectivity index (χ4n) is 2.88. The van der Waals surface area contributed by atoms with E-state index in [0.29, 0.717) is 5.88 Å². The maximum atomic E-state index is 11.4. The van der Waals surface area contributed by atoms with Gasteiger partial charge in [0.05, 0.1) is 9.47 Å². The molecule has 2 aromatic heterocycles. The van der Waals surface area contributed by atoms with Crippen LogP contribution < -0.4 is 14.6 Å². The summed E-state index contributed by atoms with van der Waals surface area (Å²) in [6, 6.07) is 7.79. The number of thiazole rings is 1. The van der Waals surface area contributed by atoms with Gasteiger partial charge in [0.2, 0.25) is 12.1 Å². The van der Waals surface area contributed by atoms with Crippen LogP contribution in [-0.4, -0.2) is 11.1 Å². The molecule has 0 unspecified atom stereocenters. The summed E-state index contributed by atoms with van der Waals surface area (Å²) in [4.78, 5) is 11.4. The lowest BCUT2D eigenvalue weighted by Crippen LogP contribution is -2.39. The van der Waals surface area contributed by atoms with Gasteiger partial charge in [-0.25, -0.2) is 4.79 Å². The molecule has 5 nitrogen and oxygen atoms in total. The Balaban J connectivity index is 1.69. The lowest BCUT2D eigenvalue weighted by atomic mass is 10.2. The van der Waals surface area contributed by atoms with Crippen LogP contribution in [0.1, 0.15) is 18.4 Å². The molecule has 0 saturated carbocycles. The number of aliphatic carboxylic acids is 1. The van der Waals surface area contributed by atoms with Crippen molar-refractivity contribution in [3.63, 3.8) is 0 Å². The van der Waals surface area contributed by atoms with Crippen molar-refractivity contribution in [2.75, 3.05) is 5.32 Å². The van der Waals surface area contributed by atoms with Gasteiger partial charge in [0.1, 0.15) is 0 Å². The van der Waals surface area contributed by atoms with E-state index in [-0.39, 0.29) is 6.54 Å². The van der Waals surface area contributed by atoms with E-state index < -0.39 is 5.97 Å². The highest BCUT2D eigenvalue weighted by Crippen LogP contribution is 2.37. The molecule has 0 amide bonds. The van der Waals surface area contributed by atoms with Crippen molar-refractivity contribution in [3.05, 3.63) is 55.1 Å². The summed E-state index contributed by atoms with van der Waals surface area (Å²) >= 11 is 10.1. The Morgan fingerprint density at radius 1 is 1.32 bits per heavy atom.